The highest BCUT2D eigenvalue weighted by Gasteiger charge is 2.36. The van der Waals surface area contributed by atoms with Gasteiger partial charge in [0.15, 0.2) is 5.17 Å². The monoisotopic (exact) mass is 503 g/mol. The van der Waals surface area contributed by atoms with Gasteiger partial charge in [-0.05, 0) is 71.4 Å². The Balaban J connectivity index is 1.48. The quantitative estimate of drug-likeness (QED) is 0.389. The van der Waals surface area contributed by atoms with Crippen molar-refractivity contribution in [3.8, 4) is 11.5 Å². The van der Waals surface area contributed by atoms with Crippen LogP contribution >= 0.6 is 23.4 Å². The van der Waals surface area contributed by atoms with Crippen LogP contribution in [0.2, 0.25) is 5.02 Å². The van der Waals surface area contributed by atoms with E-state index in [1.807, 2.05) is 83.9 Å². The molecule has 6 nitrogen and oxygen atoms in total. The number of ether oxygens (including phenoxy) is 2. The minimum absolute atomic E-state index is 0.117. The molecule has 0 saturated carbocycles. The molecule has 176 valence electrons. The van der Waals surface area contributed by atoms with Crippen molar-refractivity contribution in [2.45, 2.75) is 12.5 Å². The Morgan fingerprint density at radius 3 is 2.46 bits per heavy atom. The van der Waals surface area contributed by atoms with E-state index in [2.05, 4.69) is 4.99 Å². The molecule has 0 radical (unpaired) electrons. The molecule has 3 aromatic carbocycles. The SMILES string of the molecule is COc1ccc(C2=NN(C3=NC(=O)/C(=C/c4ccccc4OC)S3)C(c3ccc(Cl)cc3)C2)cc1. The second kappa shape index (κ2) is 9.98. The van der Waals surface area contributed by atoms with Gasteiger partial charge in [0, 0.05) is 17.0 Å². The number of benzene rings is 3. The van der Waals surface area contributed by atoms with Crippen LogP contribution in [0.25, 0.3) is 6.08 Å². The van der Waals surface area contributed by atoms with E-state index in [0.29, 0.717) is 27.3 Å². The van der Waals surface area contributed by atoms with E-state index in [0.717, 1.165) is 28.2 Å². The molecule has 3 aromatic rings. The first-order valence-corrected chi connectivity index (χ1v) is 12.2. The van der Waals surface area contributed by atoms with Crippen molar-refractivity contribution < 1.29 is 14.3 Å². The third kappa shape index (κ3) is 4.83. The van der Waals surface area contributed by atoms with Gasteiger partial charge in [0.1, 0.15) is 11.5 Å². The number of hydrazone groups is 1. The molecule has 0 bridgehead atoms. The van der Waals surface area contributed by atoms with Gasteiger partial charge in [-0.2, -0.15) is 10.1 Å². The molecule has 0 spiro atoms. The summed E-state index contributed by atoms with van der Waals surface area (Å²) in [7, 11) is 3.25. The van der Waals surface area contributed by atoms with Gasteiger partial charge in [-0.25, -0.2) is 5.01 Å². The molecule has 0 aliphatic carbocycles. The van der Waals surface area contributed by atoms with Crippen LogP contribution in [-0.4, -0.2) is 36.0 Å². The smallest absolute Gasteiger partial charge is 0.286 e. The van der Waals surface area contributed by atoms with E-state index >= 15 is 0 Å². The van der Waals surface area contributed by atoms with Crippen molar-refractivity contribution in [1.29, 1.82) is 0 Å². The molecule has 8 heteroatoms. The van der Waals surface area contributed by atoms with Crippen LogP contribution in [0, 0.1) is 0 Å². The maximum absolute atomic E-state index is 12.8. The Morgan fingerprint density at radius 1 is 1.00 bits per heavy atom. The number of amides is 1. The summed E-state index contributed by atoms with van der Waals surface area (Å²) in [4.78, 5) is 17.7. The van der Waals surface area contributed by atoms with E-state index in [4.69, 9.17) is 26.2 Å². The number of para-hydroxylation sites is 1. The number of hydrogen-bond donors (Lipinski definition) is 0. The number of rotatable bonds is 5. The summed E-state index contributed by atoms with van der Waals surface area (Å²) in [6.07, 6.45) is 2.47. The number of carbonyl (C=O) groups excluding carboxylic acids is 1. The first kappa shape index (κ1) is 23.2. The first-order chi connectivity index (χ1) is 17.1. The fourth-order valence-corrected chi connectivity index (χ4v) is 5.04. The number of nitrogens with zero attached hydrogens (tertiary/aromatic N) is 3. The minimum Gasteiger partial charge on any atom is -0.497 e. The van der Waals surface area contributed by atoms with Crippen LogP contribution in [0.3, 0.4) is 0 Å². The third-order valence-corrected chi connectivity index (χ3v) is 7.04. The standard InChI is InChI=1S/C27H22ClN3O3S/c1-33-21-13-9-17(10-14-21)22-16-23(18-7-11-20(28)12-8-18)31(30-22)27-29-26(32)25(35-27)15-19-5-3-4-6-24(19)34-2/h3-15,23H,16H2,1-2H3/b25-15-. The summed E-state index contributed by atoms with van der Waals surface area (Å²) in [5, 5.41) is 7.96. The molecule has 0 fully saturated rings. The van der Waals surface area contributed by atoms with Crippen LogP contribution < -0.4 is 9.47 Å². The van der Waals surface area contributed by atoms with E-state index in [1.165, 1.54) is 11.8 Å². The van der Waals surface area contributed by atoms with E-state index in [9.17, 15) is 4.79 Å². The van der Waals surface area contributed by atoms with Crippen molar-refractivity contribution in [1.82, 2.24) is 5.01 Å². The van der Waals surface area contributed by atoms with Gasteiger partial charge in [-0.3, -0.25) is 4.79 Å². The molecule has 1 unspecified atom stereocenters. The highest BCUT2D eigenvalue weighted by molar-refractivity contribution is 8.18. The van der Waals surface area contributed by atoms with Crippen LogP contribution in [0.15, 0.2) is 87.8 Å². The molecule has 5 rings (SSSR count). The molecule has 2 aliphatic rings. The topological polar surface area (TPSA) is 63.5 Å². The van der Waals surface area contributed by atoms with Gasteiger partial charge >= 0.3 is 0 Å². The molecule has 0 saturated heterocycles. The summed E-state index contributed by atoms with van der Waals surface area (Å²) >= 11 is 7.44. The van der Waals surface area contributed by atoms with E-state index in [1.54, 1.807) is 14.2 Å². The van der Waals surface area contributed by atoms with Crippen molar-refractivity contribution >= 4 is 46.2 Å². The number of methoxy groups -OCH3 is 2. The second-order valence-corrected chi connectivity index (χ2v) is 9.39. The molecule has 0 N–H and O–H groups in total. The molecule has 35 heavy (non-hydrogen) atoms. The molecular formula is C27H22ClN3O3S. The number of hydrogen-bond acceptors (Lipinski definition) is 6. The predicted molar refractivity (Wildman–Crippen MR) is 141 cm³/mol. The van der Waals surface area contributed by atoms with Crippen molar-refractivity contribution in [2.75, 3.05) is 14.2 Å². The van der Waals surface area contributed by atoms with Gasteiger partial charge in [0.05, 0.1) is 30.9 Å². The second-order valence-electron chi connectivity index (χ2n) is 7.94. The Hall–Kier alpha value is -3.55. The van der Waals surface area contributed by atoms with Crippen LogP contribution in [0.1, 0.15) is 29.2 Å². The highest BCUT2D eigenvalue weighted by Crippen LogP contribution is 2.40. The molecule has 1 amide bonds. The fourth-order valence-electron chi connectivity index (χ4n) is 4.01. The van der Waals surface area contributed by atoms with Gasteiger partial charge in [0.2, 0.25) is 0 Å². The maximum atomic E-state index is 12.8. The van der Waals surface area contributed by atoms with Crippen molar-refractivity contribution in [3.05, 3.63) is 99.4 Å². The van der Waals surface area contributed by atoms with Gasteiger partial charge in [-0.15, -0.1) is 0 Å². The largest absolute Gasteiger partial charge is 0.497 e. The van der Waals surface area contributed by atoms with Crippen LogP contribution in [0.4, 0.5) is 0 Å². The zero-order chi connectivity index (χ0) is 24.4. The summed E-state index contributed by atoms with van der Waals surface area (Å²) in [5.41, 5.74) is 3.76. The molecule has 0 aromatic heterocycles. The number of amidine groups is 1. The average molecular weight is 504 g/mol. The third-order valence-electron chi connectivity index (χ3n) is 5.82. The molecule has 2 heterocycles. The molecule has 1 atom stereocenters. The molecule has 2 aliphatic heterocycles. The van der Waals surface area contributed by atoms with Crippen LogP contribution in [0.5, 0.6) is 11.5 Å². The van der Waals surface area contributed by atoms with Crippen LogP contribution in [-0.2, 0) is 4.79 Å². The number of halogens is 1. The normalized spacial score (nSPS) is 18.6. The lowest BCUT2D eigenvalue weighted by Gasteiger charge is -2.22. The Bertz CT molecular complexity index is 1350. The predicted octanol–water partition coefficient (Wildman–Crippen LogP) is 6.18. The summed E-state index contributed by atoms with van der Waals surface area (Å²) in [5.74, 6) is 1.19. The zero-order valence-corrected chi connectivity index (χ0v) is 20.7. The fraction of sp³-hybridized carbons (Fsp3) is 0.148. The Labute approximate surface area is 212 Å². The highest BCUT2D eigenvalue weighted by atomic mass is 35.5. The Kier molecular flexibility index (Phi) is 6.61. The lowest BCUT2D eigenvalue weighted by atomic mass is 9.98. The number of aliphatic imine (C=N–C) groups is 1. The summed E-state index contributed by atoms with van der Waals surface area (Å²) in [6, 6.07) is 23.0. The average Bonchev–Trinajstić information content (AvgIpc) is 3.49. The minimum atomic E-state index is -0.293. The lowest BCUT2D eigenvalue weighted by molar-refractivity contribution is -0.113. The maximum Gasteiger partial charge on any atom is 0.286 e. The van der Waals surface area contributed by atoms with Gasteiger partial charge in [-0.1, -0.05) is 41.9 Å². The lowest BCUT2D eigenvalue weighted by Crippen LogP contribution is -2.23. The van der Waals surface area contributed by atoms with Crippen molar-refractivity contribution in [3.63, 3.8) is 0 Å². The zero-order valence-electron chi connectivity index (χ0n) is 19.1. The van der Waals surface area contributed by atoms with E-state index in [-0.39, 0.29) is 11.9 Å². The first-order valence-electron chi connectivity index (χ1n) is 11.0. The number of carbonyl (C=O) groups is 1. The van der Waals surface area contributed by atoms with E-state index < -0.39 is 0 Å². The molecular weight excluding hydrogens is 482 g/mol. The summed E-state index contributed by atoms with van der Waals surface area (Å²) in [6.45, 7) is 0. The van der Waals surface area contributed by atoms with Crippen molar-refractivity contribution in [2.24, 2.45) is 10.1 Å². The van der Waals surface area contributed by atoms with Gasteiger partial charge < -0.3 is 9.47 Å². The van der Waals surface area contributed by atoms with Gasteiger partial charge in [0.25, 0.3) is 5.91 Å². The summed E-state index contributed by atoms with van der Waals surface area (Å²) < 4.78 is 10.7. The number of thioether (sulfide) groups is 1. The Morgan fingerprint density at radius 2 is 1.74 bits per heavy atom.